The molecule has 2 N–H and O–H groups in total. The standard InChI is InChI=1S/C23H28BrFN6O3/c1-4-33-23(32)19-17(10-31-7-8-34-18(11-31)13(2)3)28-22(21-26-12-27-30-21)29-20(19)15-6-5-14(25)9-16(15)24/h5-6,9,12-13,18,20H,4,7-8,10-11H2,1-3H3,(H,28,29)(H,26,27,30)/t18-,20?/m0/s1. The zero-order chi connectivity index (χ0) is 24.2. The lowest BCUT2D eigenvalue weighted by atomic mass is 9.95. The number of carbonyl (C=O) groups excluding carboxylic acids is 1. The number of H-pyrrole nitrogens is 1. The van der Waals surface area contributed by atoms with Gasteiger partial charge in [0, 0.05) is 29.8 Å². The number of aliphatic imine (C=N–C) groups is 1. The van der Waals surface area contributed by atoms with Crippen LogP contribution in [0.3, 0.4) is 0 Å². The minimum Gasteiger partial charge on any atom is -0.463 e. The van der Waals surface area contributed by atoms with Crippen molar-refractivity contribution in [1.82, 2.24) is 25.4 Å². The molecule has 1 aromatic carbocycles. The summed E-state index contributed by atoms with van der Waals surface area (Å²) < 4.78 is 25.7. The number of amidine groups is 1. The van der Waals surface area contributed by atoms with Crippen LogP contribution >= 0.6 is 15.9 Å². The largest absolute Gasteiger partial charge is 0.463 e. The van der Waals surface area contributed by atoms with Crippen molar-refractivity contribution in [2.45, 2.75) is 32.9 Å². The quantitative estimate of drug-likeness (QED) is 0.526. The predicted molar refractivity (Wildman–Crippen MR) is 128 cm³/mol. The molecule has 2 aromatic rings. The molecular weight excluding hydrogens is 507 g/mol. The normalized spacial score (nSPS) is 21.4. The maximum absolute atomic E-state index is 13.9. The number of nitrogens with zero attached hydrogens (tertiary/aromatic N) is 4. The van der Waals surface area contributed by atoms with E-state index in [1.165, 1.54) is 18.5 Å². The molecule has 0 saturated carbocycles. The van der Waals surface area contributed by atoms with Crippen molar-refractivity contribution in [3.05, 3.63) is 57.5 Å². The van der Waals surface area contributed by atoms with Crippen molar-refractivity contribution in [3.8, 4) is 0 Å². The van der Waals surface area contributed by atoms with E-state index in [0.29, 0.717) is 52.0 Å². The lowest BCUT2D eigenvalue weighted by Gasteiger charge is -2.36. The van der Waals surface area contributed by atoms with E-state index < -0.39 is 12.0 Å². The SMILES string of the molecule is CCOC(=O)C1=C(CN2CCO[C@H](C(C)C)C2)NC(c2ncn[nH]2)=NC1c1ccc(F)cc1Br. The fourth-order valence-corrected chi connectivity index (χ4v) is 4.63. The molecule has 11 heteroatoms. The van der Waals surface area contributed by atoms with Gasteiger partial charge in [-0.3, -0.25) is 15.0 Å². The summed E-state index contributed by atoms with van der Waals surface area (Å²) >= 11 is 3.44. The van der Waals surface area contributed by atoms with E-state index in [2.05, 4.69) is 55.2 Å². The smallest absolute Gasteiger partial charge is 0.338 e. The summed E-state index contributed by atoms with van der Waals surface area (Å²) in [6, 6.07) is 3.60. The fraction of sp³-hybridized carbons (Fsp3) is 0.478. The summed E-state index contributed by atoms with van der Waals surface area (Å²) in [5.74, 6) is 0.384. The first kappa shape index (κ1) is 24.5. The molecule has 1 fully saturated rings. The Kier molecular flexibility index (Phi) is 7.74. The number of hydrogen-bond acceptors (Lipinski definition) is 8. The number of carbonyl (C=O) groups is 1. The monoisotopic (exact) mass is 534 g/mol. The van der Waals surface area contributed by atoms with Gasteiger partial charge >= 0.3 is 5.97 Å². The molecule has 0 aliphatic carbocycles. The number of esters is 1. The third-order valence-corrected chi connectivity index (χ3v) is 6.51. The second-order valence-corrected chi connectivity index (χ2v) is 9.36. The van der Waals surface area contributed by atoms with Crippen LogP contribution in [0.25, 0.3) is 0 Å². The van der Waals surface area contributed by atoms with Gasteiger partial charge in [-0.15, -0.1) is 0 Å². The molecule has 0 radical (unpaired) electrons. The lowest BCUT2D eigenvalue weighted by Crippen LogP contribution is -2.48. The van der Waals surface area contributed by atoms with Crippen LogP contribution in [0.5, 0.6) is 0 Å². The molecular formula is C23H28BrFN6O3. The Labute approximate surface area is 206 Å². The number of morpholine rings is 1. The zero-order valence-corrected chi connectivity index (χ0v) is 20.9. The molecule has 9 nitrogen and oxygen atoms in total. The number of halogens is 2. The van der Waals surface area contributed by atoms with Gasteiger partial charge in [-0.2, -0.15) is 5.10 Å². The number of rotatable bonds is 7. The topological polar surface area (TPSA) is 105 Å². The Morgan fingerprint density at radius 1 is 1.41 bits per heavy atom. The summed E-state index contributed by atoms with van der Waals surface area (Å²) in [5, 5.41) is 10.0. The van der Waals surface area contributed by atoms with E-state index in [0.717, 1.165) is 13.1 Å². The maximum Gasteiger partial charge on any atom is 0.338 e. The number of aromatic nitrogens is 3. The predicted octanol–water partition coefficient (Wildman–Crippen LogP) is 2.97. The molecule has 2 aliphatic heterocycles. The highest BCUT2D eigenvalue weighted by Crippen LogP contribution is 2.36. The van der Waals surface area contributed by atoms with Gasteiger partial charge < -0.3 is 14.8 Å². The van der Waals surface area contributed by atoms with Crippen LogP contribution in [0.1, 0.15) is 38.2 Å². The third-order valence-electron chi connectivity index (χ3n) is 5.82. The first-order valence-electron chi connectivity index (χ1n) is 11.3. The van der Waals surface area contributed by atoms with Gasteiger partial charge in [0.05, 0.1) is 24.9 Å². The third kappa shape index (κ3) is 5.37. The molecule has 2 aliphatic rings. The minimum atomic E-state index is -0.729. The van der Waals surface area contributed by atoms with Gasteiger partial charge in [0.15, 0.2) is 11.7 Å². The van der Waals surface area contributed by atoms with Crippen molar-refractivity contribution in [2.24, 2.45) is 10.9 Å². The van der Waals surface area contributed by atoms with Crippen LogP contribution in [-0.4, -0.2) is 70.8 Å². The fourth-order valence-electron chi connectivity index (χ4n) is 4.06. The summed E-state index contributed by atoms with van der Waals surface area (Å²) in [6.07, 6.45) is 1.50. The van der Waals surface area contributed by atoms with Crippen LogP contribution in [0.4, 0.5) is 4.39 Å². The highest BCUT2D eigenvalue weighted by molar-refractivity contribution is 9.10. The van der Waals surface area contributed by atoms with Gasteiger partial charge in [-0.05, 0) is 30.5 Å². The zero-order valence-electron chi connectivity index (χ0n) is 19.3. The van der Waals surface area contributed by atoms with Crippen LogP contribution in [-0.2, 0) is 14.3 Å². The molecule has 0 bridgehead atoms. The Morgan fingerprint density at radius 3 is 2.91 bits per heavy atom. The van der Waals surface area contributed by atoms with E-state index in [9.17, 15) is 9.18 Å². The van der Waals surface area contributed by atoms with Gasteiger partial charge in [0.1, 0.15) is 18.2 Å². The number of ether oxygens (including phenoxy) is 2. The van der Waals surface area contributed by atoms with Gasteiger partial charge in [0.25, 0.3) is 0 Å². The maximum atomic E-state index is 13.9. The Hall–Kier alpha value is -2.63. The summed E-state index contributed by atoms with van der Waals surface area (Å²) in [7, 11) is 0. The highest BCUT2D eigenvalue weighted by atomic mass is 79.9. The van der Waals surface area contributed by atoms with Crippen LogP contribution in [0.2, 0.25) is 0 Å². The summed E-state index contributed by atoms with van der Waals surface area (Å²) in [4.78, 5) is 24.5. The molecule has 34 heavy (non-hydrogen) atoms. The van der Waals surface area contributed by atoms with Crippen molar-refractivity contribution in [2.75, 3.05) is 32.8 Å². The molecule has 1 unspecified atom stereocenters. The van der Waals surface area contributed by atoms with Crippen LogP contribution < -0.4 is 5.32 Å². The van der Waals surface area contributed by atoms with E-state index >= 15 is 0 Å². The summed E-state index contributed by atoms with van der Waals surface area (Å²) in [5.41, 5.74) is 1.68. The van der Waals surface area contributed by atoms with Crippen molar-refractivity contribution in [1.29, 1.82) is 0 Å². The lowest BCUT2D eigenvalue weighted by molar-refractivity contribution is -0.139. The van der Waals surface area contributed by atoms with Crippen LogP contribution in [0.15, 0.2) is 45.3 Å². The van der Waals surface area contributed by atoms with Gasteiger partial charge in [-0.25, -0.2) is 14.2 Å². The van der Waals surface area contributed by atoms with E-state index in [1.807, 2.05) is 0 Å². The minimum absolute atomic E-state index is 0.105. The van der Waals surface area contributed by atoms with Crippen LogP contribution in [0, 0.1) is 11.7 Å². The second kappa shape index (κ2) is 10.7. The number of hydrogen-bond donors (Lipinski definition) is 2. The molecule has 182 valence electrons. The highest BCUT2D eigenvalue weighted by Gasteiger charge is 2.35. The van der Waals surface area contributed by atoms with E-state index in [1.54, 1.807) is 13.0 Å². The molecule has 2 atom stereocenters. The van der Waals surface area contributed by atoms with Gasteiger partial charge in [-0.1, -0.05) is 35.8 Å². The average Bonchev–Trinajstić information content (AvgIpc) is 3.34. The Morgan fingerprint density at radius 2 is 2.24 bits per heavy atom. The Balaban J connectivity index is 1.78. The molecule has 0 amide bonds. The van der Waals surface area contributed by atoms with E-state index in [4.69, 9.17) is 14.5 Å². The average molecular weight is 535 g/mol. The summed E-state index contributed by atoms with van der Waals surface area (Å²) in [6.45, 7) is 8.78. The first-order chi connectivity index (χ1) is 16.4. The number of nitrogens with one attached hydrogen (secondary N) is 2. The van der Waals surface area contributed by atoms with Crippen molar-refractivity contribution < 1.29 is 18.7 Å². The first-order valence-corrected chi connectivity index (χ1v) is 12.1. The van der Waals surface area contributed by atoms with Gasteiger partial charge in [0.2, 0.25) is 0 Å². The molecule has 1 aromatic heterocycles. The second-order valence-electron chi connectivity index (χ2n) is 8.51. The van der Waals surface area contributed by atoms with Crippen molar-refractivity contribution >= 4 is 27.7 Å². The number of aromatic amines is 1. The molecule has 3 heterocycles. The Bertz CT molecular complexity index is 1090. The van der Waals surface area contributed by atoms with E-state index in [-0.39, 0.29) is 18.5 Å². The molecule has 4 rings (SSSR count). The number of benzene rings is 1. The molecule has 1 saturated heterocycles. The molecule has 0 spiro atoms. The van der Waals surface area contributed by atoms with Crippen molar-refractivity contribution in [3.63, 3.8) is 0 Å².